The predicted molar refractivity (Wildman–Crippen MR) is 103 cm³/mol. The quantitative estimate of drug-likeness (QED) is 0.484. The molecule has 152 valence electrons. The molecule has 3 aromatic heterocycles. The molecule has 0 radical (unpaired) electrons. The molecule has 3 aromatic rings. The van der Waals surface area contributed by atoms with Crippen LogP contribution in [0, 0.1) is 5.92 Å². The van der Waals surface area contributed by atoms with Gasteiger partial charge in [0, 0.05) is 11.3 Å². The van der Waals surface area contributed by atoms with Crippen molar-refractivity contribution in [3.05, 3.63) is 39.1 Å². The third kappa shape index (κ3) is 4.28. The maximum absolute atomic E-state index is 12.0. The number of fused-ring (bicyclic) bond motifs is 1. The van der Waals surface area contributed by atoms with Crippen molar-refractivity contribution in [1.82, 2.24) is 24.6 Å². The van der Waals surface area contributed by atoms with Crippen LogP contribution in [-0.4, -0.2) is 48.4 Å². The molecule has 0 atom stereocenters. The van der Waals surface area contributed by atoms with Gasteiger partial charge < -0.3 is 14.8 Å². The Hall–Kier alpha value is -3.63. The molecular formula is C18H21N7O4. The second-order valence-electron chi connectivity index (χ2n) is 7.30. The highest BCUT2D eigenvalue weighted by molar-refractivity contribution is 5.83. The van der Waals surface area contributed by atoms with Gasteiger partial charge in [-0.1, -0.05) is 13.8 Å². The van der Waals surface area contributed by atoms with Gasteiger partial charge in [-0.05, 0) is 24.8 Å². The molecule has 1 fully saturated rings. The molecule has 1 amide bonds. The van der Waals surface area contributed by atoms with Gasteiger partial charge in [-0.25, -0.2) is 14.6 Å². The minimum absolute atomic E-state index is 0.196. The maximum Gasteiger partial charge on any atom is 0.412 e. The van der Waals surface area contributed by atoms with E-state index in [0.29, 0.717) is 23.0 Å². The van der Waals surface area contributed by atoms with Gasteiger partial charge in [-0.15, -0.1) is 0 Å². The van der Waals surface area contributed by atoms with E-state index in [0.717, 1.165) is 12.8 Å². The molecule has 1 saturated carbocycles. The Kier molecular flexibility index (Phi) is 4.79. The van der Waals surface area contributed by atoms with Crippen LogP contribution in [0.3, 0.4) is 0 Å². The topological polar surface area (TPSA) is 150 Å². The molecule has 0 saturated heterocycles. The minimum atomic E-state index is -0.606. The summed E-state index contributed by atoms with van der Waals surface area (Å²) in [6.07, 6.45) is 4.47. The van der Waals surface area contributed by atoms with E-state index in [1.807, 2.05) is 13.8 Å². The molecule has 4 N–H and O–H groups in total. The Morgan fingerprint density at radius 2 is 2.28 bits per heavy atom. The Bertz CT molecular complexity index is 1230. The van der Waals surface area contributed by atoms with Crippen molar-refractivity contribution in [3.63, 3.8) is 0 Å². The van der Waals surface area contributed by atoms with E-state index in [4.69, 9.17) is 4.74 Å². The van der Waals surface area contributed by atoms with Crippen molar-refractivity contribution in [2.75, 3.05) is 11.9 Å². The monoisotopic (exact) mass is 399 g/mol. The standard InChI is InChI=1S/C18H21N7O4/c1-9(2)8-29-18(28)23-13-6-14(20-11-3-4-11)25-15(22-13)10(7-19-25)5-12-16(26)24-17(27)21-12/h5-7,9,11,26H,3-4,8H2,1-2H3,(H,23,28)(H2,21,24,27)/b10-5+,20-14?. The van der Waals surface area contributed by atoms with Crippen LogP contribution in [0.4, 0.5) is 10.6 Å². The first-order valence-electron chi connectivity index (χ1n) is 9.28. The summed E-state index contributed by atoms with van der Waals surface area (Å²) >= 11 is 0. The van der Waals surface area contributed by atoms with Crippen molar-refractivity contribution >= 4 is 23.6 Å². The number of ether oxygens (including phenoxy) is 1. The SMILES string of the molecule is CC(C)COC(=O)Nc1cc(=NC2CC2)n2nc/c(=C\c3[nH]c(=O)[nH]c3O)c2n1. The molecule has 3 heterocycles. The number of carbonyl (C=O) groups is 1. The third-order valence-electron chi connectivity index (χ3n) is 4.15. The number of amides is 1. The van der Waals surface area contributed by atoms with Crippen molar-refractivity contribution < 1.29 is 14.6 Å². The summed E-state index contributed by atoms with van der Waals surface area (Å²) in [5.74, 6) is 0.195. The van der Waals surface area contributed by atoms with Crippen LogP contribution in [-0.2, 0) is 4.74 Å². The lowest BCUT2D eigenvalue weighted by Crippen LogP contribution is -2.23. The van der Waals surface area contributed by atoms with E-state index in [2.05, 4.69) is 30.4 Å². The first-order chi connectivity index (χ1) is 13.9. The average molecular weight is 399 g/mol. The summed E-state index contributed by atoms with van der Waals surface area (Å²) < 4.78 is 6.70. The number of rotatable bonds is 5. The lowest BCUT2D eigenvalue weighted by molar-refractivity contribution is 0.147. The van der Waals surface area contributed by atoms with Crippen LogP contribution in [0.2, 0.25) is 0 Å². The van der Waals surface area contributed by atoms with E-state index in [1.54, 1.807) is 16.8 Å². The van der Waals surface area contributed by atoms with Crippen LogP contribution < -0.4 is 21.7 Å². The number of anilines is 1. The number of nitrogens with one attached hydrogen (secondary N) is 3. The fourth-order valence-electron chi connectivity index (χ4n) is 2.64. The van der Waals surface area contributed by atoms with Crippen molar-refractivity contribution in [3.8, 4) is 5.88 Å². The highest BCUT2D eigenvalue weighted by Crippen LogP contribution is 2.22. The summed E-state index contributed by atoms with van der Waals surface area (Å²) in [5.41, 5.74) is 0.621. The molecule has 0 aliphatic heterocycles. The van der Waals surface area contributed by atoms with Crippen LogP contribution in [0.5, 0.6) is 5.88 Å². The number of aromatic hydroxyl groups is 1. The van der Waals surface area contributed by atoms with E-state index in [9.17, 15) is 14.7 Å². The highest BCUT2D eigenvalue weighted by atomic mass is 16.5. The number of aromatic amines is 2. The third-order valence-corrected chi connectivity index (χ3v) is 4.15. The Morgan fingerprint density at radius 1 is 1.48 bits per heavy atom. The number of hydrogen-bond acceptors (Lipinski definition) is 7. The first-order valence-corrected chi connectivity index (χ1v) is 9.28. The zero-order valence-corrected chi connectivity index (χ0v) is 16.0. The van der Waals surface area contributed by atoms with Gasteiger partial charge in [0.2, 0.25) is 5.88 Å². The summed E-state index contributed by atoms with van der Waals surface area (Å²) in [7, 11) is 0. The number of aromatic nitrogens is 5. The normalized spacial score (nSPS) is 15.4. The van der Waals surface area contributed by atoms with Gasteiger partial charge in [0.1, 0.15) is 11.5 Å². The molecule has 0 spiro atoms. The van der Waals surface area contributed by atoms with Crippen LogP contribution in [0.1, 0.15) is 32.4 Å². The molecule has 11 heteroatoms. The van der Waals surface area contributed by atoms with Gasteiger partial charge in [0.15, 0.2) is 11.1 Å². The van der Waals surface area contributed by atoms with Crippen molar-refractivity contribution in [2.24, 2.45) is 10.9 Å². The number of carbonyl (C=O) groups excluding carboxylic acids is 1. The summed E-state index contributed by atoms with van der Waals surface area (Å²) in [6, 6.07) is 1.86. The smallest absolute Gasteiger partial charge is 0.412 e. The minimum Gasteiger partial charge on any atom is -0.493 e. The van der Waals surface area contributed by atoms with E-state index in [-0.39, 0.29) is 29.4 Å². The number of nitrogens with zero attached hydrogens (tertiary/aromatic N) is 4. The zero-order chi connectivity index (χ0) is 20.5. The molecular weight excluding hydrogens is 378 g/mol. The molecule has 0 unspecified atom stereocenters. The molecule has 29 heavy (non-hydrogen) atoms. The molecule has 11 nitrogen and oxygen atoms in total. The van der Waals surface area contributed by atoms with E-state index < -0.39 is 11.8 Å². The van der Waals surface area contributed by atoms with Crippen molar-refractivity contribution in [1.29, 1.82) is 0 Å². The lowest BCUT2D eigenvalue weighted by Gasteiger charge is -2.08. The van der Waals surface area contributed by atoms with Gasteiger partial charge in [-0.2, -0.15) is 9.61 Å². The second-order valence-corrected chi connectivity index (χ2v) is 7.30. The van der Waals surface area contributed by atoms with Crippen molar-refractivity contribution in [2.45, 2.75) is 32.7 Å². The number of H-pyrrole nitrogens is 2. The van der Waals surface area contributed by atoms with Gasteiger partial charge >= 0.3 is 11.8 Å². The molecule has 0 aromatic carbocycles. The van der Waals surface area contributed by atoms with Crippen LogP contribution in [0.25, 0.3) is 11.7 Å². The fourth-order valence-corrected chi connectivity index (χ4v) is 2.64. The number of hydrogen-bond donors (Lipinski definition) is 4. The van der Waals surface area contributed by atoms with Gasteiger partial charge in [0.05, 0.1) is 18.8 Å². The van der Waals surface area contributed by atoms with Crippen LogP contribution in [0.15, 0.2) is 22.1 Å². The second kappa shape index (κ2) is 7.41. The average Bonchev–Trinajstić information content (AvgIpc) is 3.29. The molecule has 0 bridgehead atoms. The fraction of sp³-hybridized carbons (Fsp3) is 0.389. The van der Waals surface area contributed by atoms with E-state index >= 15 is 0 Å². The number of imidazole rings is 1. The summed E-state index contributed by atoms with van der Waals surface area (Å²) in [4.78, 5) is 37.2. The first kappa shape index (κ1) is 18.7. The molecule has 1 aliphatic rings. The zero-order valence-electron chi connectivity index (χ0n) is 16.0. The lowest BCUT2D eigenvalue weighted by atomic mass is 10.2. The largest absolute Gasteiger partial charge is 0.493 e. The maximum atomic E-state index is 12.0. The van der Waals surface area contributed by atoms with Crippen LogP contribution >= 0.6 is 0 Å². The Morgan fingerprint density at radius 3 is 2.93 bits per heavy atom. The summed E-state index contributed by atoms with van der Waals surface area (Å²) in [6.45, 7) is 4.18. The van der Waals surface area contributed by atoms with Gasteiger partial charge in [0.25, 0.3) is 0 Å². The van der Waals surface area contributed by atoms with E-state index in [1.165, 1.54) is 6.08 Å². The van der Waals surface area contributed by atoms with Gasteiger partial charge in [-0.3, -0.25) is 15.3 Å². The Labute approximate surface area is 164 Å². The predicted octanol–water partition coefficient (Wildman–Crippen LogP) is 0.267. The highest BCUT2D eigenvalue weighted by Gasteiger charge is 2.20. The summed E-state index contributed by atoms with van der Waals surface area (Å²) in [5, 5.41) is 17.3. The molecule has 4 rings (SSSR count). The molecule has 1 aliphatic carbocycles. The Balaban J connectivity index is 1.78.